The average Bonchev–Trinajstić information content (AvgIpc) is 3.19. The monoisotopic (exact) mass is 371 g/mol. The Morgan fingerprint density at radius 2 is 2.40 bits per heavy atom. The van der Waals surface area contributed by atoms with Gasteiger partial charge in [-0.1, -0.05) is 6.92 Å². The van der Waals surface area contributed by atoms with Crippen molar-refractivity contribution < 1.29 is 9.21 Å². The molecule has 0 bridgehead atoms. The predicted molar refractivity (Wildman–Crippen MR) is 102 cm³/mol. The number of hydrogen-bond acceptors (Lipinski definition) is 5. The minimum Gasteiger partial charge on any atom is -0.465 e. The number of hydrogen-bond donors (Lipinski definition) is 2. The number of nitriles is 1. The first-order valence-corrected chi connectivity index (χ1v) is 9.17. The first-order valence-electron chi connectivity index (χ1n) is 7.95. The molecule has 128 valence electrons. The molecule has 2 aromatic rings. The van der Waals surface area contributed by atoms with E-state index in [-0.39, 0.29) is 11.0 Å². The topological polar surface area (TPSA) is 78.1 Å². The molecule has 5 nitrogen and oxygen atoms in total. The second-order valence-corrected chi connectivity index (χ2v) is 7.47. The summed E-state index contributed by atoms with van der Waals surface area (Å²) < 4.78 is 5.12. The average molecular weight is 371 g/mol. The molecular formula is C18H17N3O2S2. The van der Waals surface area contributed by atoms with Crippen LogP contribution in [0.15, 0.2) is 28.9 Å². The number of nitrogens with one attached hydrogen (secondary N) is 2. The van der Waals surface area contributed by atoms with Crippen molar-refractivity contribution in [1.29, 1.82) is 5.26 Å². The van der Waals surface area contributed by atoms with E-state index in [4.69, 9.17) is 16.6 Å². The number of carbonyl (C=O) groups excluding carboxylic acids is 1. The van der Waals surface area contributed by atoms with Crippen LogP contribution in [-0.2, 0) is 17.6 Å². The quantitative estimate of drug-likeness (QED) is 0.633. The number of fused-ring (bicyclic) bond motifs is 1. The Hall–Kier alpha value is -2.43. The van der Waals surface area contributed by atoms with Gasteiger partial charge in [-0.3, -0.25) is 10.1 Å². The van der Waals surface area contributed by atoms with Crippen LogP contribution < -0.4 is 10.6 Å². The number of thiocarbonyl (C=S) groups is 1. The number of carbonyl (C=O) groups is 1. The van der Waals surface area contributed by atoms with Crippen molar-refractivity contribution in [3.63, 3.8) is 0 Å². The highest BCUT2D eigenvalue weighted by Crippen LogP contribution is 2.39. The summed E-state index contributed by atoms with van der Waals surface area (Å²) in [6, 6.07) is 5.76. The lowest BCUT2D eigenvalue weighted by molar-refractivity contribution is -0.115. The summed E-state index contributed by atoms with van der Waals surface area (Å²) in [4.78, 5) is 13.1. The molecule has 25 heavy (non-hydrogen) atoms. The van der Waals surface area contributed by atoms with Crippen molar-refractivity contribution in [2.24, 2.45) is 5.92 Å². The number of furan rings is 1. The molecule has 1 atom stereocenters. The molecule has 7 heteroatoms. The zero-order chi connectivity index (χ0) is 17.8. The van der Waals surface area contributed by atoms with Crippen LogP contribution in [-0.4, -0.2) is 11.0 Å². The summed E-state index contributed by atoms with van der Waals surface area (Å²) in [5.41, 5.74) is 1.77. The van der Waals surface area contributed by atoms with Gasteiger partial charge in [-0.25, -0.2) is 0 Å². The molecular weight excluding hydrogens is 354 g/mol. The number of thiophene rings is 1. The molecule has 1 aliphatic carbocycles. The molecule has 1 unspecified atom stereocenters. The molecule has 2 N–H and O–H groups in total. The summed E-state index contributed by atoms with van der Waals surface area (Å²) >= 11 is 6.75. The fraction of sp³-hybridized carbons (Fsp3) is 0.278. The van der Waals surface area contributed by atoms with Gasteiger partial charge in [0.1, 0.15) is 16.8 Å². The third-order valence-corrected chi connectivity index (χ3v) is 5.40. The van der Waals surface area contributed by atoms with Crippen LogP contribution in [0.2, 0.25) is 0 Å². The van der Waals surface area contributed by atoms with Crippen molar-refractivity contribution in [3.05, 3.63) is 46.2 Å². The fourth-order valence-electron chi connectivity index (χ4n) is 2.79. The first kappa shape index (κ1) is 17.4. The van der Waals surface area contributed by atoms with Crippen molar-refractivity contribution in [1.82, 2.24) is 5.32 Å². The van der Waals surface area contributed by atoms with E-state index < -0.39 is 0 Å². The molecule has 3 rings (SSSR count). The molecule has 0 radical (unpaired) electrons. The first-order chi connectivity index (χ1) is 12.1. The maximum atomic E-state index is 11.9. The second kappa shape index (κ2) is 7.64. The number of nitrogens with zero attached hydrogens (tertiary/aromatic N) is 1. The van der Waals surface area contributed by atoms with Gasteiger partial charge in [0.05, 0.1) is 11.8 Å². The Labute approximate surface area is 155 Å². The molecule has 2 aromatic heterocycles. The molecule has 0 fully saturated rings. The van der Waals surface area contributed by atoms with E-state index in [1.807, 2.05) is 0 Å². The SMILES string of the molecule is CC1CCc2c(sc(NC(=S)NC(=O)C=Cc3ccco3)c2C#N)C1. The summed E-state index contributed by atoms with van der Waals surface area (Å²) in [6.45, 7) is 2.22. The summed E-state index contributed by atoms with van der Waals surface area (Å²) in [7, 11) is 0. The fourth-order valence-corrected chi connectivity index (χ4v) is 4.42. The predicted octanol–water partition coefficient (Wildman–Crippen LogP) is 3.86. The third-order valence-electron chi connectivity index (χ3n) is 4.03. The van der Waals surface area contributed by atoms with Gasteiger partial charge in [-0.05, 0) is 61.2 Å². The Kier molecular flexibility index (Phi) is 5.31. The van der Waals surface area contributed by atoms with Gasteiger partial charge in [-0.15, -0.1) is 11.3 Å². The van der Waals surface area contributed by atoms with Crippen LogP contribution in [0, 0.1) is 17.2 Å². The van der Waals surface area contributed by atoms with E-state index in [1.54, 1.807) is 29.5 Å². The molecule has 0 spiro atoms. The standard InChI is InChI=1S/C18H17N3O2S2/c1-11-4-6-13-14(10-19)17(25-15(13)9-11)21-18(24)20-16(22)7-5-12-3-2-8-23-12/h2-3,5,7-8,11H,4,6,9H2,1H3,(H2,20,21,22,24). The maximum absolute atomic E-state index is 11.9. The number of anilines is 1. The van der Waals surface area contributed by atoms with Crippen molar-refractivity contribution in [3.8, 4) is 6.07 Å². The number of amides is 1. The van der Waals surface area contributed by atoms with Crippen LogP contribution in [0.25, 0.3) is 6.08 Å². The summed E-state index contributed by atoms with van der Waals surface area (Å²) in [6.07, 6.45) is 7.44. The van der Waals surface area contributed by atoms with Crippen molar-refractivity contribution >= 4 is 45.7 Å². The van der Waals surface area contributed by atoms with Gasteiger partial charge < -0.3 is 9.73 Å². The zero-order valence-corrected chi connectivity index (χ0v) is 15.3. The molecule has 1 amide bonds. The Balaban J connectivity index is 1.65. The lowest BCUT2D eigenvalue weighted by Gasteiger charge is -2.17. The van der Waals surface area contributed by atoms with Gasteiger partial charge in [0.25, 0.3) is 0 Å². The minimum atomic E-state index is -0.359. The van der Waals surface area contributed by atoms with Crippen molar-refractivity contribution in [2.75, 3.05) is 5.32 Å². The molecule has 0 aliphatic heterocycles. The van der Waals surface area contributed by atoms with Gasteiger partial charge in [0.15, 0.2) is 5.11 Å². The van der Waals surface area contributed by atoms with Crippen LogP contribution in [0.1, 0.15) is 35.1 Å². The van der Waals surface area contributed by atoms with E-state index in [2.05, 4.69) is 23.6 Å². The van der Waals surface area contributed by atoms with E-state index in [0.29, 0.717) is 22.2 Å². The Morgan fingerprint density at radius 3 is 3.12 bits per heavy atom. The van der Waals surface area contributed by atoms with Crippen LogP contribution in [0.3, 0.4) is 0 Å². The molecule has 0 saturated carbocycles. The van der Waals surface area contributed by atoms with Crippen LogP contribution in [0.4, 0.5) is 5.00 Å². The van der Waals surface area contributed by atoms with E-state index in [0.717, 1.165) is 24.8 Å². The number of rotatable bonds is 3. The van der Waals surface area contributed by atoms with E-state index >= 15 is 0 Å². The van der Waals surface area contributed by atoms with E-state index in [1.165, 1.54) is 17.2 Å². The van der Waals surface area contributed by atoms with Gasteiger partial charge >= 0.3 is 0 Å². The van der Waals surface area contributed by atoms with E-state index in [9.17, 15) is 10.1 Å². The van der Waals surface area contributed by atoms with Crippen LogP contribution >= 0.6 is 23.6 Å². The lowest BCUT2D eigenvalue weighted by atomic mass is 9.89. The normalized spacial score (nSPS) is 16.2. The van der Waals surface area contributed by atoms with Gasteiger partial charge in [0.2, 0.25) is 5.91 Å². The maximum Gasteiger partial charge on any atom is 0.250 e. The zero-order valence-electron chi connectivity index (χ0n) is 13.7. The molecule has 0 aromatic carbocycles. The molecule has 2 heterocycles. The Bertz CT molecular complexity index is 860. The van der Waals surface area contributed by atoms with Gasteiger partial charge in [0, 0.05) is 11.0 Å². The highest BCUT2D eigenvalue weighted by molar-refractivity contribution is 7.80. The summed E-state index contributed by atoms with van der Waals surface area (Å²) in [5, 5.41) is 15.9. The third kappa shape index (κ3) is 4.16. The smallest absolute Gasteiger partial charge is 0.250 e. The lowest BCUT2D eigenvalue weighted by Crippen LogP contribution is -2.32. The van der Waals surface area contributed by atoms with Crippen LogP contribution in [0.5, 0.6) is 0 Å². The summed E-state index contributed by atoms with van der Waals surface area (Å²) in [5.74, 6) is 0.854. The molecule has 1 aliphatic rings. The molecule has 0 saturated heterocycles. The second-order valence-electron chi connectivity index (χ2n) is 5.96. The van der Waals surface area contributed by atoms with Gasteiger partial charge in [-0.2, -0.15) is 5.26 Å². The highest BCUT2D eigenvalue weighted by atomic mass is 32.1. The highest BCUT2D eigenvalue weighted by Gasteiger charge is 2.24. The largest absolute Gasteiger partial charge is 0.465 e. The Morgan fingerprint density at radius 1 is 1.56 bits per heavy atom. The van der Waals surface area contributed by atoms with Crippen molar-refractivity contribution in [2.45, 2.75) is 26.2 Å². The minimum absolute atomic E-state index is 0.178.